The number of guanidine groups is 1. The third-order valence-electron chi connectivity index (χ3n) is 7.28. The molecule has 2 aliphatic heterocycles. The van der Waals surface area contributed by atoms with Crippen LogP contribution in [0.1, 0.15) is 36.8 Å². The van der Waals surface area contributed by atoms with Crippen molar-refractivity contribution in [2.45, 2.75) is 44.6 Å². The van der Waals surface area contributed by atoms with Gasteiger partial charge in [-0.15, -0.1) is 11.3 Å². The van der Waals surface area contributed by atoms with Crippen LogP contribution in [0.15, 0.2) is 53.0 Å². The maximum Gasteiger partial charge on any atom is 0.416 e. The number of rotatable bonds is 6. The number of halogens is 3. The molecule has 0 saturated carbocycles. The van der Waals surface area contributed by atoms with E-state index in [9.17, 15) is 23.1 Å². The fraction of sp³-hybridized carbons (Fsp3) is 0.393. The molecule has 5 rings (SSSR count). The second kappa shape index (κ2) is 11.1. The van der Waals surface area contributed by atoms with Gasteiger partial charge in [-0.25, -0.2) is 9.98 Å². The number of piperazine rings is 1. The van der Waals surface area contributed by atoms with Gasteiger partial charge in [0.05, 0.1) is 48.5 Å². The van der Waals surface area contributed by atoms with Gasteiger partial charge >= 0.3 is 12.1 Å². The zero-order valence-electron chi connectivity index (χ0n) is 22.9. The predicted octanol–water partition coefficient (Wildman–Crippen LogP) is 5.80. The number of aliphatic imine (C=N–C) groups is 1. The lowest BCUT2D eigenvalue weighted by molar-refractivity contribution is -0.138. The van der Waals surface area contributed by atoms with Crippen molar-refractivity contribution >= 4 is 40.3 Å². The summed E-state index contributed by atoms with van der Waals surface area (Å²) >= 11 is 1.33. The third kappa shape index (κ3) is 5.50. The summed E-state index contributed by atoms with van der Waals surface area (Å²) in [4.78, 5) is 27.7. The van der Waals surface area contributed by atoms with Crippen LogP contribution in [0.25, 0.3) is 0 Å². The molecular formula is C28H30F3N5O4S. The number of aliphatic carboxylic acids is 1. The van der Waals surface area contributed by atoms with Crippen molar-refractivity contribution in [3.63, 3.8) is 0 Å². The number of carbonyl (C=O) groups is 1. The first-order chi connectivity index (χ1) is 19.5. The van der Waals surface area contributed by atoms with Gasteiger partial charge in [0.25, 0.3) is 0 Å². The van der Waals surface area contributed by atoms with Gasteiger partial charge in [-0.2, -0.15) is 13.2 Å². The van der Waals surface area contributed by atoms with E-state index < -0.39 is 23.8 Å². The predicted molar refractivity (Wildman–Crippen MR) is 151 cm³/mol. The number of fused-ring (bicyclic) bond motifs is 1. The molecule has 1 fully saturated rings. The van der Waals surface area contributed by atoms with Crippen molar-refractivity contribution in [1.29, 1.82) is 0 Å². The molecule has 1 N–H and O–H groups in total. The van der Waals surface area contributed by atoms with Crippen LogP contribution in [-0.4, -0.2) is 66.3 Å². The van der Waals surface area contributed by atoms with Crippen molar-refractivity contribution in [2.24, 2.45) is 4.99 Å². The van der Waals surface area contributed by atoms with E-state index in [-0.39, 0.29) is 29.9 Å². The lowest BCUT2D eigenvalue weighted by atomic mass is 10.0. The van der Waals surface area contributed by atoms with E-state index in [1.165, 1.54) is 24.5 Å². The Morgan fingerprint density at radius 3 is 2.46 bits per heavy atom. The van der Waals surface area contributed by atoms with Crippen LogP contribution in [-0.2, 0) is 11.0 Å². The first-order valence-electron chi connectivity index (χ1n) is 13.0. The Kier molecular flexibility index (Phi) is 7.73. The fourth-order valence-electron chi connectivity index (χ4n) is 5.64. The van der Waals surface area contributed by atoms with E-state index in [2.05, 4.69) is 23.7 Å². The molecule has 3 aromatic rings. The Bertz CT molecular complexity index is 1450. The molecule has 1 aromatic carbocycles. The Morgan fingerprint density at radius 1 is 1.10 bits per heavy atom. The Labute approximate surface area is 239 Å². The minimum absolute atomic E-state index is 0.0411. The average molecular weight is 590 g/mol. The molecule has 0 aliphatic carbocycles. The molecule has 4 heterocycles. The van der Waals surface area contributed by atoms with Crippen LogP contribution in [0.3, 0.4) is 0 Å². The summed E-state index contributed by atoms with van der Waals surface area (Å²) in [5, 5.41) is 11.7. The summed E-state index contributed by atoms with van der Waals surface area (Å²) < 4.78 is 52.4. The number of anilines is 2. The van der Waals surface area contributed by atoms with Gasteiger partial charge in [-0.05, 0) is 49.6 Å². The maximum absolute atomic E-state index is 13.9. The Morgan fingerprint density at radius 2 is 1.83 bits per heavy atom. The highest BCUT2D eigenvalue weighted by atomic mass is 32.1. The molecule has 13 heteroatoms. The molecule has 0 unspecified atom stereocenters. The quantitative estimate of drug-likeness (QED) is 0.386. The van der Waals surface area contributed by atoms with E-state index in [1.54, 1.807) is 18.2 Å². The Balaban J connectivity index is 1.61. The fourth-order valence-corrected chi connectivity index (χ4v) is 6.57. The molecule has 0 bridgehead atoms. The highest BCUT2D eigenvalue weighted by Gasteiger charge is 2.42. The van der Waals surface area contributed by atoms with Crippen LogP contribution in [0.4, 0.5) is 30.2 Å². The number of ether oxygens (including phenoxy) is 2. The lowest BCUT2D eigenvalue weighted by Crippen LogP contribution is -2.61. The summed E-state index contributed by atoms with van der Waals surface area (Å²) in [6.45, 7) is 5.06. The number of hydrogen-bond donors (Lipinski definition) is 1. The van der Waals surface area contributed by atoms with E-state index in [0.29, 0.717) is 35.5 Å². The molecule has 9 nitrogen and oxygen atoms in total. The summed E-state index contributed by atoms with van der Waals surface area (Å²) in [5.74, 6) is -0.0230. The van der Waals surface area contributed by atoms with Crippen LogP contribution >= 0.6 is 11.3 Å². The third-order valence-corrected chi connectivity index (χ3v) is 8.29. The molecule has 3 atom stereocenters. The second-order valence-electron chi connectivity index (χ2n) is 10.0. The number of aromatic nitrogens is 1. The monoisotopic (exact) mass is 589 g/mol. The van der Waals surface area contributed by atoms with Gasteiger partial charge in [0, 0.05) is 43.1 Å². The minimum Gasteiger partial charge on any atom is -0.495 e. The van der Waals surface area contributed by atoms with E-state index in [4.69, 9.17) is 14.5 Å². The van der Waals surface area contributed by atoms with Crippen molar-refractivity contribution in [1.82, 2.24) is 9.88 Å². The molecule has 2 aromatic heterocycles. The van der Waals surface area contributed by atoms with Crippen molar-refractivity contribution < 1.29 is 32.5 Å². The molecule has 0 radical (unpaired) electrons. The first-order valence-corrected chi connectivity index (χ1v) is 13.9. The van der Waals surface area contributed by atoms with Crippen LogP contribution in [0.5, 0.6) is 11.6 Å². The maximum atomic E-state index is 13.9. The number of hydrogen-bond acceptors (Lipinski definition) is 9. The van der Waals surface area contributed by atoms with E-state index in [1.807, 2.05) is 28.5 Å². The second-order valence-corrected chi connectivity index (χ2v) is 11.0. The number of thiophene rings is 1. The summed E-state index contributed by atoms with van der Waals surface area (Å²) in [6, 6.07) is 7.93. The van der Waals surface area contributed by atoms with Gasteiger partial charge in [0.1, 0.15) is 5.75 Å². The van der Waals surface area contributed by atoms with Crippen molar-refractivity contribution in [3.05, 3.63) is 58.4 Å². The number of nitrogens with zero attached hydrogens (tertiary/aromatic N) is 5. The minimum atomic E-state index is -4.61. The highest BCUT2D eigenvalue weighted by molar-refractivity contribution is 7.10. The number of methoxy groups -OCH3 is 2. The van der Waals surface area contributed by atoms with E-state index in [0.717, 1.165) is 17.8 Å². The first kappa shape index (κ1) is 28.5. The van der Waals surface area contributed by atoms with Gasteiger partial charge < -0.3 is 24.4 Å². The SMILES string of the molecule is COc1cc(N2[C@H](C)CN(C3=Nc4ccsc4[C@H](CC(=O)O)N3c3cc(C(F)(F)F)ccc3OC)C[C@H]2C)ccn1. The molecule has 0 spiro atoms. The van der Waals surface area contributed by atoms with Crippen molar-refractivity contribution in [2.75, 3.05) is 37.1 Å². The summed E-state index contributed by atoms with van der Waals surface area (Å²) in [6.07, 6.45) is -3.26. The number of pyridine rings is 1. The number of alkyl halides is 3. The average Bonchev–Trinajstić information content (AvgIpc) is 3.40. The normalized spacial score (nSPS) is 20.9. The van der Waals surface area contributed by atoms with Crippen LogP contribution in [0, 0.1) is 0 Å². The number of carboxylic acids is 1. The number of benzene rings is 1. The topological polar surface area (TPSA) is 90.7 Å². The summed E-state index contributed by atoms with van der Waals surface area (Å²) in [5.41, 5.74) is 0.785. The molecule has 41 heavy (non-hydrogen) atoms. The van der Waals surface area contributed by atoms with Gasteiger partial charge in [-0.1, -0.05) is 0 Å². The molecular weight excluding hydrogens is 559 g/mol. The number of carboxylic acid groups (broad SMARTS) is 1. The standard InChI is InChI=1S/C28H30F3N5O4S/c1-16-14-34(15-17(2)35(16)19-7-9-32-24(12-19)40-4)27-33-20-8-10-41-26(20)22(13-25(37)38)36(27)21-11-18(28(29,30)31)5-6-23(21)39-3/h5-12,16-17,22H,13-15H2,1-4H3,(H,37,38)/t16-,17-,22+/m1/s1. The largest absolute Gasteiger partial charge is 0.495 e. The van der Waals surface area contributed by atoms with E-state index >= 15 is 0 Å². The van der Waals surface area contributed by atoms with Gasteiger partial charge in [0.15, 0.2) is 0 Å². The molecule has 1 saturated heterocycles. The molecule has 218 valence electrons. The zero-order chi connectivity index (χ0) is 29.5. The van der Waals surface area contributed by atoms with Gasteiger partial charge in [-0.3, -0.25) is 9.69 Å². The molecule has 0 amide bonds. The van der Waals surface area contributed by atoms with Crippen molar-refractivity contribution in [3.8, 4) is 11.6 Å². The van der Waals surface area contributed by atoms with Crippen LogP contribution < -0.4 is 19.3 Å². The van der Waals surface area contributed by atoms with Crippen LogP contribution in [0.2, 0.25) is 0 Å². The molecule has 2 aliphatic rings. The lowest BCUT2D eigenvalue weighted by Gasteiger charge is -2.49. The summed E-state index contributed by atoms with van der Waals surface area (Å²) in [7, 11) is 2.93. The smallest absolute Gasteiger partial charge is 0.416 e. The zero-order valence-corrected chi connectivity index (χ0v) is 23.7. The Hall–Kier alpha value is -4.00. The highest BCUT2D eigenvalue weighted by Crippen LogP contribution is 2.47. The van der Waals surface area contributed by atoms with Gasteiger partial charge in [0.2, 0.25) is 11.8 Å².